The van der Waals surface area contributed by atoms with Crippen molar-refractivity contribution < 1.29 is 14.3 Å². The Morgan fingerprint density at radius 1 is 1.36 bits per heavy atom. The van der Waals surface area contributed by atoms with Gasteiger partial charge in [0.05, 0.1) is 0 Å². The van der Waals surface area contributed by atoms with Gasteiger partial charge in [-0.05, 0) is 27.7 Å². The highest BCUT2D eigenvalue weighted by Gasteiger charge is 2.24. The van der Waals surface area contributed by atoms with Gasteiger partial charge in [0.15, 0.2) is 0 Å². The Kier molecular flexibility index (Phi) is 4.60. The standard InChI is InChI=1S/C10H18NO3/c1-6-8(12)11(7-2)9(13)14-10(3,4)5/h6H,7H2,1-5H3. The Labute approximate surface area is 85.2 Å². The minimum atomic E-state index is -0.594. The summed E-state index contributed by atoms with van der Waals surface area (Å²) >= 11 is 0. The van der Waals surface area contributed by atoms with Crippen molar-refractivity contribution in [3.63, 3.8) is 0 Å². The Morgan fingerprint density at radius 2 is 1.86 bits per heavy atom. The highest BCUT2D eigenvalue weighted by Crippen LogP contribution is 2.10. The summed E-state index contributed by atoms with van der Waals surface area (Å²) < 4.78 is 5.06. The molecule has 2 amide bonds. The van der Waals surface area contributed by atoms with Crippen LogP contribution in [0.1, 0.15) is 34.6 Å². The first-order chi connectivity index (χ1) is 6.31. The van der Waals surface area contributed by atoms with E-state index in [0.717, 1.165) is 4.90 Å². The van der Waals surface area contributed by atoms with Gasteiger partial charge in [-0.2, -0.15) is 0 Å². The second-order valence-electron chi connectivity index (χ2n) is 3.85. The summed E-state index contributed by atoms with van der Waals surface area (Å²) in [5.74, 6) is -0.332. The summed E-state index contributed by atoms with van der Waals surface area (Å²) in [6, 6.07) is 0. The van der Waals surface area contributed by atoms with Gasteiger partial charge >= 0.3 is 6.09 Å². The van der Waals surface area contributed by atoms with Crippen molar-refractivity contribution in [3.05, 3.63) is 6.42 Å². The maximum absolute atomic E-state index is 11.5. The summed E-state index contributed by atoms with van der Waals surface area (Å²) in [5.41, 5.74) is -0.571. The monoisotopic (exact) mass is 200 g/mol. The van der Waals surface area contributed by atoms with E-state index in [4.69, 9.17) is 4.74 Å². The summed E-state index contributed by atoms with van der Waals surface area (Å²) in [6.07, 6.45) is 0.746. The third-order valence-electron chi connectivity index (χ3n) is 1.44. The van der Waals surface area contributed by atoms with Gasteiger partial charge in [0, 0.05) is 13.0 Å². The van der Waals surface area contributed by atoms with Crippen molar-refractivity contribution in [1.29, 1.82) is 0 Å². The lowest BCUT2D eigenvalue weighted by molar-refractivity contribution is -0.126. The summed E-state index contributed by atoms with van der Waals surface area (Å²) in [7, 11) is 0. The lowest BCUT2D eigenvalue weighted by Crippen LogP contribution is -2.40. The third kappa shape index (κ3) is 4.25. The number of nitrogens with zero attached hydrogens (tertiary/aromatic N) is 1. The zero-order valence-electron chi connectivity index (χ0n) is 9.46. The number of hydrogen-bond acceptors (Lipinski definition) is 3. The largest absolute Gasteiger partial charge is 0.443 e. The van der Waals surface area contributed by atoms with E-state index in [0.29, 0.717) is 6.54 Å². The molecular weight excluding hydrogens is 182 g/mol. The van der Waals surface area contributed by atoms with E-state index in [2.05, 4.69) is 0 Å². The van der Waals surface area contributed by atoms with Gasteiger partial charge in [-0.1, -0.05) is 6.92 Å². The van der Waals surface area contributed by atoms with Crippen LogP contribution >= 0.6 is 0 Å². The van der Waals surface area contributed by atoms with E-state index in [9.17, 15) is 9.59 Å². The first-order valence-corrected chi connectivity index (χ1v) is 4.65. The maximum Gasteiger partial charge on any atom is 0.417 e. The topological polar surface area (TPSA) is 46.6 Å². The van der Waals surface area contributed by atoms with Crippen LogP contribution in [0.3, 0.4) is 0 Å². The van der Waals surface area contributed by atoms with Gasteiger partial charge in [-0.15, -0.1) is 0 Å². The molecule has 0 rings (SSSR count). The average Bonchev–Trinajstić information content (AvgIpc) is 2.01. The first-order valence-electron chi connectivity index (χ1n) is 4.65. The summed E-state index contributed by atoms with van der Waals surface area (Å²) in [4.78, 5) is 23.8. The molecule has 0 spiro atoms. The number of imide groups is 1. The molecular formula is C10H18NO3. The number of amides is 2. The number of rotatable bonds is 2. The molecule has 1 radical (unpaired) electrons. The van der Waals surface area contributed by atoms with Crippen LogP contribution in [0.25, 0.3) is 0 Å². The summed E-state index contributed by atoms with van der Waals surface area (Å²) in [6.45, 7) is 8.93. The molecule has 14 heavy (non-hydrogen) atoms. The van der Waals surface area contributed by atoms with E-state index in [1.165, 1.54) is 6.42 Å². The molecule has 0 saturated carbocycles. The molecule has 0 aromatic carbocycles. The quantitative estimate of drug-likeness (QED) is 0.684. The molecule has 0 atom stereocenters. The van der Waals surface area contributed by atoms with E-state index >= 15 is 0 Å². The van der Waals surface area contributed by atoms with Crippen molar-refractivity contribution >= 4 is 12.0 Å². The van der Waals surface area contributed by atoms with Crippen LogP contribution in [0, 0.1) is 6.42 Å². The molecule has 0 aromatic rings. The highest BCUT2D eigenvalue weighted by atomic mass is 16.6. The molecule has 0 aliphatic heterocycles. The van der Waals surface area contributed by atoms with E-state index < -0.39 is 11.7 Å². The van der Waals surface area contributed by atoms with Crippen LogP contribution in [-0.2, 0) is 9.53 Å². The molecule has 0 bridgehead atoms. The predicted molar refractivity (Wildman–Crippen MR) is 53.6 cm³/mol. The van der Waals surface area contributed by atoms with Crippen molar-refractivity contribution in [3.8, 4) is 0 Å². The predicted octanol–water partition coefficient (Wildman–Crippen LogP) is 1.99. The van der Waals surface area contributed by atoms with Crippen molar-refractivity contribution in [2.75, 3.05) is 6.54 Å². The lowest BCUT2D eigenvalue weighted by Gasteiger charge is -2.24. The number of hydrogen-bond donors (Lipinski definition) is 0. The first kappa shape index (κ1) is 12.9. The van der Waals surface area contributed by atoms with Crippen molar-refractivity contribution in [2.24, 2.45) is 0 Å². The average molecular weight is 200 g/mol. The van der Waals surface area contributed by atoms with E-state index in [-0.39, 0.29) is 5.91 Å². The van der Waals surface area contributed by atoms with E-state index in [1.54, 1.807) is 34.6 Å². The molecule has 0 saturated heterocycles. The smallest absolute Gasteiger partial charge is 0.417 e. The molecule has 0 heterocycles. The summed E-state index contributed by atoms with van der Waals surface area (Å²) in [5, 5.41) is 0. The van der Waals surface area contributed by atoms with Crippen LogP contribution in [0.4, 0.5) is 4.79 Å². The fraction of sp³-hybridized carbons (Fsp3) is 0.700. The molecule has 0 aromatic heterocycles. The zero-order valence-corrected chi connectivity index (χ0v) is 9.46. The second-order valence-corrected chi connectivity index (χ2v) is 3.85. The van der Waals surface area contributed by atoms with Gasteiger partial charge in [-0.25, -0.2) is 9.69 Å². The minimum absolute atomic E-state index is 0.318. The number of ether oxygens (including phenoxy) is 1. The van der Waals surface area contributed by atoms with Gasteiger partial charge in [0.1, 0.15) is 5.60 Å². The van der Waals surface area contributed by atoms with Crippen LogP contribution in [-0.4, -0.2) is 29.0 Å². The Hall–Kier alpha value is -1.06. The van der Waals surface area contributed by atoms with Gasteiger partial charge in [0.25, 0.3) is 0 Å². The molecule has 81 valence electrons. The molecule has 4 heteroatoms. The molecule has 0 N–H and O–H groups in total. The molecule has 0 fully saturated rings. The van der Waals surface area contributed by atoms with E-state index in [1.807, 2.05) is 0 Å². The number of carbonyl (C=O) groups excluding carboxylic acids is 2. The van der Waals surface area contributed by atoms with Crippen LogP contribution in [0.5, 0.6) is 0 Å². The fourth-order valence-corrected chi connectivity index (χ4v) is 0.848. The maximum atomic E-state index is 11.5. The normalized spacial score (nSPS) is 10.9. The van der Waals surface area contributed by atoms with Crippen molar-refractivity contribution in [1.82, 2.24) is 4.90 Å². The molecule has 0 aliphatic rings. The van der Waals surface area contributed by atoms with Crippen molar-refractivity contribution in [2.45, 2.75) is 40.2 Å². The molecule has 0 aliphatic carbocycles. The van der Waals surface area contributed by atoms with Crippen LogP contribution in [0.15, 0.2) is 0 Å². The zero-order chi connectivity index (χ0) is 11.4. The Bertz CT molecular complexity index is 218. The Morgan fingerprint density at radius 3 is 2.14 bits per heavy atom. The number of carbonyl (C=O) groups is 2. The van der Waals surface area contributed by atoms with Gasteiger partial charge in [-0.3, -0.25) is 4.79 Å². The SMILES string of the molecule is C[CH]C(=O)N(CC)C(=O)OC(C)(C)C. The highest BCUT2D eigenvalue weighted by molar-refractivity contribution is 5.96. The molecule has 4 nitrogen and oxygen atoms in total. The third-order valence-corrected chi connectivity index (χ3v) is 1.44. The lowest BCUT2D eigenvalue weighted by atomic mass is 10.2. The fourth-order valence-electron chi connectivity index (χ4n) is 0.848. The minimum Gasteiger partial charge on any atom is -0.443 e. The Balaban J connectivity index is 4.40. The van der Waals surface area contributed by atoms with Gasteiger partial charge < -0.3 is 4.74 Å². The van der Waals surface area contributed by atoms with Crippen LogP contribution in [0.2, 0.25) is 0 Å². The second kappa shape index (κ2) is 4.98. The molecule has 0 unspecified atom stereocenters. The van der Waals surface area contributed by atoms with Crippen LogP contribution < -0.4 is 0 Å². The van der Waals surface area contributed by atoms with Gasteiger partial charge in [0.2, 0.25) is 5.91 Å².